The molecule has 0 spiro atoms. The molecule has 0 saturated carbocycles. The van der Waals surface area contributed by atoms with Crippen molar-refractivity contribution >= 4 is 5.97 Å². The predicted octanol–water partition coefficient (Wildman–Crippen LogP) is 0.463. The van der Waals surface area contributed by atoms with Crippen LogP contribution in [0.25, 0.3) is 0 Å². The number of hydrogen-bond acceptors (Lipinski definition) is 3. The molecule has 1 N–H and O–H groups in total. The molecule has 1 rings (SSSR count). The minimum Gasteiger partial charge on any atom is -0.459 e. The lowest BCUT2D eigenvalue weighted by Gasteiger charge is -2.23. The summed E-state index contributed by atoms with van der Waals surface area (Å²) in [6.45, 7) is 3.30. The first-order chi connectivity index (χ1) is 4.50. The first-order valence-corrected chi connectivity index (χ1v) is 3.42. The number of esters is 1. The minimum absolute atomic E-state index is 0.202. The Balaban J connectivity index is 2.53. The average Bonchev–Trinajstić information content (AvgIpc) is 2.11. The maximum absolute atomic E-state index is 10.6. The molecule has 0 aromatic heterocycles. The van der Waals surface area contributed by atoms with Crippen molar-refractivity contribution in [3.05, 3.63) is 0 Å². The summed E-state index contributed by atoms with van der Waals surface area (Å²) in [5, 5.41) is 9.36. The monoisotopic (exact) mass is 144 g/mol. The summed E-state index contributed by atoms with van der Waals surface area (Å²) in [6, 6.07) is 0. The molecule has 3 heteroatoms. The predicted molar refractivity (Wildman–Crippen MR) is 35.4 cm³/mol. The molecule has 10 heavy (non-hydrogen) atoms. The van der Waals surface area contributed by atoms with Gasteiger partial charge in [0.15, 0.2) is 0 Å². The van der Waals surface area contributed by atoms with Gasteiger partial charge in [-0.15, -0.1) is 0 Å². The van der Waals surface area contributed by atoms with Gasteiger partial charge in [0.2, 0.25) is 0 Å². The van der Waals surface area contributed by atoms with E-state index < -0.39 is 5.60 Å². The van der Waals surface area contributed by atoms with Crippen LogP contribution in [-0.2, 0) is 9.53 Å². The van der Waals surface area contributed by atoms with E-state index in [1.165, 1.54) is 0 Å². The third kappa shape index (κ3) is 1.48. The van der Waals surface area contributed by atoms with Crippen LogP contribution < -0.4 is 0 Å². The third-order valence-electron chi connectivity index (χ3n) is 1.67. The summed E-state index contributed by atoms with van der Waals surface area (Å²) in [4.78, 5) is 10.6. The van der Waals surface area contributed by atoms with Crippen LogP contribution in [0.1, 0.15) is 26.7 Å². The molecule has 1 saturated heterocycles. The van der Waals surface area contributed by atoms with E-state index in [9.17, 15) is 9.90 Å². The SMILES string of the molecule is CC(C)(O)C1CCC(=O)O1. The van der Waals surface area contributed by atoms with Gasteiger partial charge in [-0.1, -0.05) is 0 Å². The second kappa shape index (κ2) is 2.23. The fourth-order valence-corrected chi connectivity index (χ4v) is 1.02. The van der Waals surface area contributed by atoms with Crippen LogP contribution in [0.4, 0.5) is 0 Å². The molecule has 1 fully saturated rings. The van der Waals surface area contributed by atoms with Gasteiger partial charge >= 0.3 is 5.97 Å². The van der Waals surface area contributed by atoms with Crippen LogP contribution in [-0.4, -0.2) is 22.8 Å². The van der Waals surface area contributed by atoms with E-state index in [2.05, 4.69) is 0 Å². The highest BCUT2D eigenvalue weighted by molar-refractivity contribution is 5.71. The van der Waals surface area contributed by atoms with Crippen molar-refractivity contribution in [1.29, 1.82) is 0 Å². The summed E-state index contributed by atoms with van der Waals surface area (Å²) in [5.41, 5.74) is -0.883. The molecule has 1 unspecified atom stereocenters. The fourth-order valence-electron chi connectivity index (χ4n) is 1.02. The van der Waals surface area contributed by atoms with Gasteiger partial charge in [0.05, 0.1) is 5.60 Å². The highest BCUT2D eigenvalue weighted by Gasteiger charge is 2.35. The molecule has 0 aromatic rings. The molecule has 0 aliphatic carbocycles. The van der Waals surface area contributed by atoms with Crippen molar-refractivity contribution in [2.75, 3.05) is 0 Å². The van der Waals surface area contributed by atoms with Crippen LogP contribution in [0.3, 0.4) is 0 Å². The normalized spacial score (nSPS) is 26.7. The second-order valence-corrected chi connectivity index (χ2v) is 3.17. The van der Waals surface area contributed by atoms with Crippen molar-refractivity contribution in [2.45, 2.75) is 38.4 Å². The van der Waals surface area contributed by atoms with E-state index in [4.69, 9.17) is 4.74 Å². The molecule has 0 aromatic carbocycles. The molecule has 0 amide bonds. The Labute approximate surface area is 60.0 Å². The summed E-state index contributed by atoms with van der Waals surface area (Å²) < 4.78 is 4.84. The van der Waals surface area contributed by atoms with Gasteiger partial charge in [-0.2, -0.15) is 0 Å². The van der Waals surface area contributed by atoms with E-state index in [1.807, 2.05) is 0 Å². The fraction of sp³-hybridized carbons (Fsp3) is 0.857. The number of rotatable bonds is 1. The average molecular weight is 144 g/mol. The van der Waals surface area contributed by atoms with Gasteiger partial charge in [0.1, 0.15) is 6.10 Å². The molecular weight excluding hydrogens is 132 g/mol. The van der Waals surface area contributed by atoms with Crippen LogP contribution in [0, 0.1) is 0 Å². The molecule has 58 valence electrons. The number of hydrogen-bond donors (Lipinski definition) is 1. The van der Waals surface area contributed by atoms with Crippen LogP contribution in [0.15, 0.2) is 0 Å². The van der Waals surface area contributed by atoms with Crippen molar-refractivity contribution in [3.8, 4) is 0 Å². The highest BCUT2D eigenvalue weighted by Crippen LogP contribution is 2.23. The van der Waals surface area contributed by atoms with Gasteiger partial charge in [0.25, 0.3) is 0 Å². The van der Waals surface area contributed by atoms with Gasteiger partial charge in [-0.05, 0) is 20.3 Å². The summed E-state index contributed by atoms with van der Waals surface area (Å²) in [7, 11) is 0. The Kier molecular flexibility index (Phi) is 1.68. The Morgan fingerprint density at radius 3 is 2.50 bits per heavy atom. The Bertz CT molecular complexity index is 145. The lowest BCUT2D eigenvalue weighted by Crippen LogP contribution is -2.35. The van der Waals surface area contributed by atoms with Crippen molar-refractivity contribution in [1.82, 2.24) is 0 Å². The van der Waals surface area contributed by atoms with E-state index >= 15 is 0 Å². The molecule has 1 aliphatic rings. The first kappa shape index (κ1) is 7.54. The maximum Gasteiger partial charge on any atom is 0.306 e. The Morgan fingerprint density at radius 2 is 2.30 bits per heavy atom. The van der Waals surface area contributed by atoms with Gasteiger partial charge in [0, 0.05) is 6.42 Å². The zero-order valence-corrected chi connectivity index (χ0v) is 6.26. The smallest absolute Gasteiger partial charge is 0.306 e. The Hall–Kier alpha value is -0.570. The number of cyclic esters (lactones) is 1. The van der Waals surface area contributed by atoms with Crippen molar-refractivity contribution in [3.63, 3.8) is 0 Å². The van der Waals surface area contributed by atoms with Crippen molar-refractivity contribution < 1.29 is 14.6 Å². The Morgan fingerprint density at radius 1 is 1.70 bits per heavy atom. The maximum atomic E-state index is 10.6. The molecular formula is C7H12O3. The number of carbonyl (C=O) groups is 1. The number of carbonyl (C=O) groups excluding carboxylic acids is 1. The standard InChI is InChI=1S/C7H12O3/c1-7(2,9)5-3-4-6(8)10-5/h5,9H,3-4H2,1-2H3. The van der Waals surface area contributed by atoms with Crippen LogP contribution in [0.2, 0.25) is 0 Å². The van der Waals surface area contributed by atoms with E-state index in [1.54, 1.807) is 13.8 Å². The molecule has 1 heterocycles. The molecule has 0 radical (unpaired) electrons. The van der Waals surface area contributed by atoms with Gasteiger partial charge < -0.3 is 9.84 Å². The zero-order chi connectivity index (χ0) is 7.78. The minimum atomic E-state index is -0.883. The van der Waals surface area contributed by atoms with E-state index in [0.29, 0.717) is 12.8 Å². The lowest BCUT2D eigenvalue weighted by molar-refractivity contribution is -0.150. The number of aliphatic hydroxyl groups is 1. The molecule has 3 nitrogen and oxygen atoms in total. The topological polar surface area (TPSA) is 46.5 Å². The third-order valence-corrected chi connectivity index (χ3v) is 1.67. The summed E-state index contributed by atoms with van der Waals surface area (Å²) >= 11 is 0. The summed E-state index contributed by atoms with van der Waals surface area (Å²) in [5.74, 6) is -0.202. The largest absolute Gasteiger partial charge is 0.459 e. The zero-order valence-electron chi connectivity index (χ0n) is 6.26. The molecule has 0 bridgehead atoms. The lowest BCUT2D eigenvalue weighted by atomic mass is 10.00. The summed E-state index contributed by atoms with van der Waals surface area (Å²) in [6.07, 6.45) is 0.775. The van der Waals surface area contributed by atoms with Crippen LogP contribution in [0.5, 0.6) is 0 Å². The van der Waals surface area contributed by atoms with E-state index in [-0.39, 0.29) is 12.1 Å². The second-order valence-electron chi connectivity index (χ2n) is 3.17. The van der Waals surface area contributed by atoms with E-state index in [0.717, 1.165) is 0 Å². The van der Waals surface area contributed by atoms with Gasteiger partial charge in [-0.25, -0.2) is 0 Å². The quantitative estimate of drug-likeness (QED) is 0.544. The molecule has 1 aliphatic heterocycles. The van der Waals surface area contributed by atoms with Gasteiger partial charge in [-0.3, -0.25) is 4.79 Å². The number of ether oxygens (including phenoxy) is 1. The van der Waals surface area contributed by atoms with Crippen molar-refractivity contribution in [2.24, 2.45) is 0 Å². The van der Waals surface area contributed by atoms with Crippen LogP contribution >= 0.6 is 0 Å². The molecule has 1 atom stereocenters. The first-order valence-electron chi connectivity index (χ1n) is 3.42. The highest BCUT2D eigenvalue weighted by atomic mass is 16.6.